The van der Waals surface area contributed by atoms with Gasteiger partial charge in [0.1, 0.15) is 0 Å². The first kappa shape index (κ1) is 16.8. The molecule has 0 saturated carbocycles. The summed E-state index contributed by atoms with van der Waals surface area (Å²) in [6, 6.07) is 20.1. The zero-order valence-corrected chi connectivity index (χ0v) is 14.9. The summed E-state index contributed by atoms with van der Waals surface area (Å²) >= 11 is 0. The van der Waals surface area contributed by atoms with Gasteiger partial charge in [0.2, 0.25) is 0 Å². The Balaban J connectivity index is 1.88. The van der Waals surface area contributed by atoms with Crippen LogP contribution in [0.5, 0.6) is 0 Å². The Labute approximate surface area is 146 Å². The summed E-state index contributed by atoms with van der Waals surface area (Å²) in [7, 11) is 0. The summed E-state index contributed by atoms with van der Waals surface area (Å²) in [5, 5.41) is 0. The minimum absolute atomic E-state index is 0.476. The first-order valence-electron chi connectivity index (χ1n) is 9.28. The van der Waals surface area contributed by atoms with E-state index in [0.29, 0.717) is 12.0 Å². The molecule has 0 saturated heterocycles. The van der Waals surface area contributed by atoms with Gasteiger partial charge < -0.3 is 4.90 Å². The van der Waals surface area contributed by atoms with Crippen LogP contribution in [0.1, 0.15) is 51.0 Å². The highest BCUT2D eigenvalue weighted by molar-refractivity contribution is 5.72. The molecule has 126 valence electrons. The standard InChI is InChI=1S/C22H28N2/c1-3-5-11-16-23-17-20-19-14-9-10-15-22(19)24(21(20)4-2)18-12-7-6-8-13-18/h6-10,12-16,20-21H,3-5,11,17H2,1-2H3/b23-16-. The van der Waals surface area contributed by atoms with Crippen LogP contribution in [0.4, 0.5) is 11.4 Å². The van der Waals surface area contributed by atoms with Crippen molar-refractivity contribution in [3.8, 4) is 0 Å². The van der Waals surface area contributed by atoms with Crippen LogP contribution >= 0.6 is 0 Å². The summed E-state index contributed by atoms with van der Waals surface area (Å²) in [6.07, 6.45) is 6.82. The van der Waals surface area contributed by atoms with Crippen LogP contribution in [0.15, 0.2) is 59.6 Å². The van der Waals surface area contributed by atoms with Gasteiger partial charge in [-0.25, -0.2) is 0 Å². The molecule has 1 heterocycles. The van der Waals surface area contributed by atoms with E-state index in [4.69, 9.17) is 4.99 Å². The molecule has 0 radical (unpaired) electrons. The molecule has 1 aliphatic rings. The van der Waals surface area contributed by atoms with Gasteiger partial charge in [0.15, 0.2) is 0 Å². The Morgan fingerprint density at radius 2 is 1.75 bits per heavy atom. The predicted molar refractivity (Wildman–Crippen MR) is 105 cm³/mol. The number of hydrogen-bond donors (Lipinski definition) is 0. The molecule has 0 aliphatic carbocycles. The summed E-state index contributed by atoms with van der Waals surface area (Å²) < 4.78 is 0. The van der Waals surface area contributed by atoms with E-state index in [2.05, 4.69) is 79.6 Å². The number of benzene rings is 2. The summed E-state index contributed by atoms with van der Waals surface area (Å²) in [5.74, 6) is 0.476. The maximum atomic E-state index is 4.76. The third kappa shape index (κ3) is 3.38. The van der Waals surface area contributed by atoms with Crippen molar-refractivity contribution in [2.75, 3.05) is 11.4 Å². The SMILES string of the molecule is CCCC/C=N\CC1c2ccccc2N(c2ccccc2)C1CC. The number of unbranched alkanes of at least 4 members (excludes halogenated alkanes) is 2. The number of anilines is 2. The molecule has 0 fully saturated rings. The van der Waals surface area contributed by atoms with E-state index in [1.807, 2.05) is 0 Å². The fourth-order valence-electron chi connectivity index (χ4n) is 3.77. The third-order valence-electron chi connectivity index (χ3n) is 4.96. The molecule has 1 aliphatic heterocycles. The monoisotopic (exact) mass is 320 g/mol. The zero-order valence-electron chi connectivity index (χ0n) is 14.9. The Kier molecular flexibility index (Phi) is 5.68. The Hall–Kier alpha value is -2.09. The average Bonchev–Trinajstić information content (AvgIpc) is 2.96. The normalized spacial score (nSPS) is 19.8. The molecule has 2 aromatic carbocycles. The molecule has 2 aromatic rings. The number of nitrogens with zero attached hydrogens (tertiary/aromatic N) is 2. The van der Waals surface area contributed by atoms with Crippen molar-refractivity contribution in [2.24, 2.45) is 4.99 Å². The second kappa shape index (κ2) is 8.14. The van der Waals surface area contributed by atoms with E-state index in [0.717, 1.165) is 19.4 Å². The minimum atomic E-state index is 0.476. The maximum absolute atomic E-state index is 4.76. The fourth-order valence-corrected chi connectivity index (χ4v) is 3.77. The molecule has 3 rings (SSSR count). The van der Waals surface area contributed by atoms with Crippen molar-refractivity contribution in [1.29, 1.82) is 0 Å². The topological polar surface area (TPSA) is 15.6 Å². The molecule has 0 N–H and O–H groups in total. The first-order chi connectivity index (χ1) is 11.9. The fraction of sp³-hybridized carbons (Fsp3) is 0.409. The van der Waals surface area contributed by atoms with Crippen LogP contribution < -0.4 is 4.90 Å². The van der Waals surface area contributed by atoms with Crippen LogP contribution in [0, 0.1) is 0 Å². The van der Waals surface area contributed by atoms with Crippen molar-refractivity contribution in [3.05, 3.63) is 60.2 Å². The summed E-state index contributed by atoms with van der Waals surface area (Å²) in [5.41, 5.74) is 4.08. The molecule has 2 unspecified atom stereocenters. The maximum Gasteiger partial charge on any atom is 0.0474 e. The second-order valence-corrected chi connectivity index (χ2v) is 6.54. The molecule has 2 nitrogen and oxygen atoms in total. The van der Waals surface area contributed by atoms with Crippen LogP contribution in [0.2, 0.25) is 0 Å². The number of para-hydroxylation sites is 2. The van der Waals surface area contributed by atoms with Gasteiger partial charge in [-0.05, 0) is 49.2 Å². The third-order valence-corrected chi connectivity index (χ3v) is 4.96. The quantitative estimate of drug-likeness (QED) is 0.454. The zero-order chi connectivity index (χ0) is 16.8. The van der Waals surface area contributed by atoms with Crippen LogP contribution in [-0.2, 0) is 0 Å². The smallest absolute Gasteiger partial charge is 0.0474 e. The molecule has 0 bridgehead atoms. The van der Waals surface area contributed by atoms with Crippen molar-refractivity contribution < 1.29 is 0 Å². The molecule has 0 spiro atoms. The van der Waals surface area contributed by atoms with E-state index in [1.165, 1.54) is 29.8 Å². The van der Waals surface area contributed by atoms with E-state index in [-0.39, 0.29) is 0 Å². The molecule has 0 amide bonds. The van der Waals surface area contributed by atoms with Gasteiger partial charge in [-0.15, -0.1) is 0 Å². The van der Waals surface area contributed by atoms with Gasteiger partial charge >= 0.3 is 0 Å². The van der Waals surface area contributed by atoms with E-state index in [9.17, 15) is 0 Å². The predicted octanol–water partition coefficient (Wildman–Crippen LogP) is 5.96. The van der Waals surface area contributed by atoms with E-state index in [1.54, 1.807) is 0 Å². The Morgan fingerprint density at radius 3 is 2.50 bits per heavy atom. The molecular formula is C22H28N2. The molecule has 0 aromatic heterocycles. The lowest BCUT2D eigenvalue weighted by atomic mass is 9.93. The van der Waals surface area contributed by atoms with E-state index < -0.39 is 0 Å². The van der Waals surface area contributed by atoms with Crippen LogP contribution in [0.3, 0.4) is 0 Å². The molecule has 2 atom stereocenters. The number of hydrogen-bond acceptors (Lipinski definition) is 2. The number of fused-ring (bicyclic) bond motifs is 1. The van der Waals surface area contributed by atoms with Gasteiger partial charge in [-0.2, -0.15) is 0 Å². The van der Waals surface area contributed by atoms with Gasteiger partial charge in [0.25, 0.3) is 0 Å². The summed E-state index contributed by atoms with van der Waals surface area (Å²) in [6.45, 7) is 5.41. The number of aliphatic imine (C=N–C) groups is 1. The van der Waals surface area contributed by atoms with Crippen molar-refractivity contribution >= 4 is 17.6 Å². The Morgan fingerprint density at radius 1 is 1.00 bits per heavy atom. The van der Waals surface area contributed by atoms with Crippen molar-refractivity contribution in [1.82, 2.24) is 0 Å². The van der Waals surface area contributed by atoms with Crippen molar-refractivity contribution in [3.63, 3.8) is 0 Å². The molecule has 2 heteroatoms. The number of rotatable bonds is 7. The second-order valence-electron chi connectivity index (χ2n) is 6.54. The lowest BCUT2D eigenvalue weighted by molar-refractivity contribution is 0.549. The van der Waals surface area contributed by atoms with Gasteiger partial charge in [0, 0.05) is 29.9 Å². The minimum Gasteiger partial charge on any atom is -0.337 e. The van der Waals surface area contributed by atoms with Crippen molar-refractivity contribution in [2.45, 2.75) is 51.5 Å². The lowest BCUT2D eigenvalue weighted by Gasteiger charge is -2.29. The average molecular weight is 320 g/mol. The summed E-state index contributed by atoms with van der Waals surface area (Å²) in [4.78, 5) is 7.28. The first-order valence-corrected chi connectivity index (χ1v) is 9.28. The highest BCUT2D eigenvalue weighted by Crippen LogP contribution is 2.46. The van der Waals surface area contributed by atoms with Gasteiger partial charge in [0.05, 0.1) is 0 Å². The van der Waals surface area contributed by atoms with Crippen LogP contribution in [0.25, 0.3) is 0 Å². The largest absolute Gasteiger partial charge is 0.337 e. The lowest BCUT2D eigenvalue weighted by Crippen LogP contribution is -2.30. The van der Waals surface area contributed by atoms with E-state index >= 15 is 0 Å². The van der Waals surface area contributed by atoms with Gasteiger partial charge in [-0.1, -0.05) is 56.7 Å². The highest BCUT2D eigenvalue weighted by Gasteiger charge is 2.37. The molecular weight excluding hydrogens is 292 g/mol. The Bertz CT molecular complexity index is 663. The highest BCUT2D eigenvalue weighted by atomic mass is 15.2. The van der Waals surface area contributed by atoms with Crippen LogP contribution in [-0.4, -0.2) is 18.8 Å². The van der Waals surface area contributed by atoms with Gasteiger partial charge in [-0.3, -0.25) is 4.99 Å². The molecule has 24 heavy (non-hydrogen) atoms.